The summed E-state index contributed by atoms with van der Waals surface area (Å²) in [7, 11) is 0. The molecule has 2 rings (SSSR count). The predicted molar refractivity (Wildman–Crippen MR) is 62.7 cm³/mol. The van der Waals surface area contributed by atoms with Crippen LogP contribution in [0, 0.1) is 0 Å². The van der Waals surface area contributed by atoms with Crippen molar-refractivity contribution in [3.05, 3.63) is 35.8 Å². The lowest BCUT2D eigenvalue weighted by atomic mass is 10.2. The zero-order valence-electron chi connectivity index (χ0n) is 9.10. The fourth-order valence-corrected chi connectivity index (χ4v) is 1.85. The first-order valence-electron chi connectivity index (χ1n) is 5.26. The molecule has 2 aromatic heterocycles. The molecule has 0 saturated carbocycles. The van der Waals surface area contributed by atoms with Crippen LogP contribution in [0.3, 0.4) is 0 Å². The number of nitrogens with zero attached hydrogens (tertiary/aromatic N) is 4. The Morgan fingerprint density at radius 1 is 1.44 bits per heavy atom. The molecule has 0 aliphatic heterocycles. The van der Waals surface area contributed by atoms with Gasteiger partial charge in [0.05, 0.1) is 17.8 Å². The first-order chi connectivity index (χ1) is 7.86. The zero-order chi connectivity index (χ0) is 11.4. The molecule has 0 fully saturated rings. The SMILES string of the molecule is CCCc1c(CCl)cnn1-c1cccnn1. The van der Waals surface area contributed by atoms with Crippen LogP contribution in [0.1, 0.15) is 24.6 Å². The van der Waals surface area contributed by atoms with Crippen molar-refractivity contribution in [2.75, 3.05) is 0 Å². The van der Waals surface area contributed by atoms with E-state index in [9.17, 15) is 0 Å². The van der Waals surface area contributed by atoms with Crippen molar-refractivity contribution in [3.63, 3.8) is 0 Å². The van der Waals surface area contributed by atoms with Crippen molar-refractivity contribution >= 4 is 11.6 Å². The minimum Gasteiger partial charge on any atom is -0.217 e. The number of hydrogen-bond acceptors (Lipinski definition) is 3. The van der Waals surface area contributed by atoms with Crippen molar-refractivity contribution in [2.24, 2.45) is 0 Å². The monoisotopic (exact) mass is 236 g/mol. The molecule has 84 valence electrons. The molecular weight excluding hydrogens is 224 g/mol. The van der Waals surface area contributed by atoms with E-state index in [0.29, 0.717) is 5.88 Å². The molecule has 0 aliphatic carbocycles. The molecule has 0 aromatic carbocycles. The number of aromatic nitrogens is 4. The smallest absolute Gasteiger partial charge is 0.175 e. The van der Waals surface area contributed by atoms with E-state index in [1.165, 1.54) is 0 Å². The Morgan fingerprint density at radius 2 is 2.31 bits per heavy atom. The van der Waals surface area contributed by atoms with Crippen LogP contribution >= 0.6 is 11.6 Å². The highest BCUT2D eigenvalue weighted by Crippen LogP contribution is 2.16. The van der Waals surface area contributed by atoms with E-state index in [2.05, 4.69) is 22.2 Å². The van der Waals surface area contributed by atoms with Crippen LogP contribution in [0.15, 0.2) is 24.5 Å². The molecule has 0 spiro atoms. The molecule has 0 bridgehead atoms. The van der Waals surface area contributed by atoms with Gasteiger partial charge in [0, 0.05) is 11.8 Å². The van der Waals surface area contributed by atoms with Gasteiger partial charge in [-0.3, -0.25) is 0 Å². The van der Waals surface area contributed by atoms with Crippen LogP contribution in [-0.4, -0.2) is 20.0 Å². The van der Waals surface area contributed by atoms with E-state index in [1.54, 1.807) is 12.4 Å². The zero-order valence-corrected chi connectivity index (χ0v) is 9.85. The average Bonchev–Trinajstić information content (AvgIpc) is 2.74. The maximum absolute atomic E-state index is 5.88. The first-order valence-corrected chi connectivity index (χ1v) is 5.80. The molecule has 0 amide bonds. The fourth-order valence-electron chi connectivity index (χ4n) is 1.63. The average molecular weight is 237 g/mol. The highest BCUT2D eigenvalue weighted by Gasteiger charge is 2.11. The summed E-state index contributed by atoms with van der Waals surface area (Å²) in [5.74, 6) is 1.22. The summed E-state index contributed by atoms with van der Waals surface area (Å²) in [5.41, 5.74) is 2.19. The molecule has 0 saturated heterocycles. The topological polar surface area (TPSA) is 43.6 Å². The Morgan fingerprint density at radius 3 is 2.94 bits per heavy atom. The Bertz CT molecular complexity index is 452. The van der Waals surface area contributed by atoms with Gasteiger partial charge in [-0.05, 0) is 18.6 Å². The molecule has 16 heavy (non-hydrogen) atoms. The van der Waals surface area contributed by atoms with E-state index < -0.39 is 0 Å². The quantitative estimate of drug-likeness (QED) is 0.766. The summed E-state index contributed by atoms with van der Waals surface area (Å²) in [4.78, 5) is 0. The second kappa shape index (κ2) is 5.07. The summed E-state index contributed by atoms with van der Waals surface area (Å²) in [6.07, 6.45) is 5.44. The summed E-state index contributed by atoms with van der Waals surface area (Å²) < 4.78 is 1.81. The standard InChI is InChI=1S/C11H13ClN4/c1-2-4-10-9(7-12)8-14-16(10)11-5-3-6-13-15-11/h3,5-6,8H,2,4,7H2,1H3. The second-order valence-electron chi connectivity index (χ2n) is 3.49. The van der Waals surface area contributed by atoms with E-state index >= 15 is 0 Å². The van der Waals surface area contributed by atoms with E-state index in [-0.39, 0.29) is 0 Å². The summed E-state index contributed by atoms with van der Waals surface area (Å²) in [5, 5.41) is 12.2. The van der Waals surface area contributed by atoms with Crippen molar-refractivity contribution in [2.45, 2.75) is 25.6 Å². The van der Waals surface area contributed by atoms with Crippen molar-refractivity contribution in [3.8, 4) is 5.82 Å². The van der Waals surface area contributed by atoms with Crippen molar-refractivity contribution in [1.29, 1.82) is 0 Å². The lowest BCUT2D eigenvalue weighted by molar-refractivity contribution is 0.740. The van der Waals surface area contributed by atoms with Crippen molar-refractivity contribution < 1.29 is 0 Å². The van der Waals surface area contributed by atoms with Gasteiger partial charge in [0.15, 0.2) is 5.82 Å². The van der Waals surface area contributed by atoms with Crippen LogP contribution in [-0.2, 0) is 12.3 Å². The van der Waals surface area contributed by atoms with Crippen LogP contribution in [0.2, 0.25) is 0 Å². The lowest BCUT2D eigenvalue weighted by Crippen LogP contribution is -2.05. The minimum absolute atomic E-state index is 0.482. The van der Waals surface area contributed by atoms with Gasteiger partial charge in [0.2, 0.25) is 0 Å². The molecule has 0 unspecified atom stereocenters. The first kappa shape index (κ1) is 11.1. The van der Waals surface area contributed by atoms with Gasteiger partial charge in [-0.25, -0.2) is 4.68 Å². The Balaban J connectivity index is 2.44. The third-order valence-electron chi connectivity index (χ3n) is 2.36. The van der Waals surface area contributed by atoms with Crippen LogP contribution in [0.4, 0.5) is 0 Å². The summed E-state index contributed by atoms with van der Waals surface area (Å²) in [6, 6.07) is 3.73. The van der Waals surface area contributed by atoms with E-state index in [1.807, 2.05) is 16.8 Å². The predicted octanol–water partition coefficient (Wildman–Crippen LogP) is 2.35. The van der Waals surface area contributed by atoms with Gasteiger partial charge in [-0.2, -0.15) is 10.2 Å². The fraction of sp³-hybridized carbons (Fsp3) is 0.364. The molecule has 4 nitrogen and oxygen atoms in total. The number of rotatable bonds is 4. The normalized spacial score (nSPS) is 10.6. The maximum Gasteiger partial charge on any atom is 0.175 e. The molecule has 0 radical (unpaired) electrons. The van der Waals surface area contributed by atoms with E-state index in [0.717, 1.165) is 29.9 Å². The number of alkyl halides is 1. The van der Waals surface area contributed by atoms with Gasteiger partial charge in [0.25, 0.3) is 0 Å². The largest absolute Gasteiger partial charge is 0.217 e. The summed E-state index contributed by atoms with van der Waals surface area (Å²) >= 11 is 5.88. The van der Waals surface area contributed by atoms with Gasteiger partial charge in [0.1, 0.15) is 0 Å². The highest BCUT2D eigenvalue weighted by atomic mass is 35.5. The molecule has 5 heteroatoms. The van der Waals surface area contributed by atoms with Gasteiger partial charge < -0.3 is 0 Å². The third kappa shape index (κ3) is 2.07. The van der Waals surface area contributed by atoms with Gasteiger partial charge in [-0.1, -0.05) is 13.3 Å². The number of hydrogen-bond donors (Lipinski definition) is 0. The Kier molecular flexibility index (Phi) is 3.51. The van der Waals surface area contributed by atoms with Crippen molar-refractivity contribution in [1.82, 2.24) is 20.0 Å². The molecule has 0 aliphatic rings. The van der Waals surface area contributed by atoms with Crippen LogP contribution in [0.25, 0.3) is 5.82 Å². The Hall–Kier alpha value is -1.42. The van der Waals surface area contributed by atoms with Crippen LogP contribution < -0.4 is 0 Å². The third-order valence-corrected chi connectivity index (χ3v) is 2.65. The molecule has 2 heterocycles. The molecular formula is C11H13ClN4. The molecule has 2 aromatic rings. The Labute approximate surface area is 99.3 Å². The van der Waals surface area contributed by atoms with Gasteiger partial charge >= 0.3 is 0 Å². The van der Waals surface area contributed by atoms with E-state index in [4.69, 9.17) is 11.6 Å². The van der Waals surface area contributed by atoms with Gasteiger partial charge in [-0.15, -0.1) is 16.7 Å². The minimum atomic E-state index is 0.482. The molecule has 0 N–H and O–H groups in total. The lowest BCUT2D eigenvalue weighted by Gasteiger charge is -2.05. The van der Waals surface area contributed by atoms with Crippen LogP contribution in [0.5, 0.6) is 0 Å². The second-order valence-corrected chi connectivity index (χ2v) is 3.76. The summed E-state index contributed by atoms with van der Waals surface area (Å²) in [6.45, 7) is 2.13. The maximum atomic E-state index is 5.88. The highest BCUT2D eigenvalue weighted by molar-refractivity contribution is 6.17. The molecule has 0 atom stereocenters. The number of halogens is 1.